The number of nitrogens with zero attached hydrogens (tertiary/aromatic N) is 4. The Morgan fingerprint density at radius 3 is 2.94 bits per heavy atom. The SMILES string of the molecule is CCc1nc2cc(C)cnc2n1CC(C)C#N. The molecule has 0 saturated heterocycles. The standard InChI is InChI=1S/C13H16N4/c1-4-12-16-11-5-9(2)7-15-13(11)17(12)8-10(3)6-14/h5,7,10H,4,8H2,1-3H3. The molecular weight excluding hydrogens is 212 g/mol. The second-order valence-electron chi connectivity index (χ2n) is 4.38. The van der Waals surface area contributed by atoms with Crippen molar-refractivity contribution in [3.05, 3.63) is 23.7 Å². The molecule has 17 heavy (non-hydrogen) atoms. The van der Waals surface area contributed by atoms with Crippen LogP contribution < -0.4 is 0 Å². The molecule has 0 aliphatic rings. The highest BCUT2D eigenvalue weighted by atomic mass is 15.1. The van der Waals surface area contributed by atoms with Gasteiger partial charge >= 0.3 is 0 Å². The van der Waals surface area contributed by atoms with E-state index in [4.69, 9.17) is 5.26 Å². The molecule has 2 aromatic heterocycles. The summed E-state index contributed by atoms with van der Waals surface area (Å²) in [5, 5.41) is 8.91. The molecule has 2 rings (SSSR count). The normalized spacial score (nSPS) is 12.6. The third-order valence-corrected chi connectivity index (χ3v) is 2.79. The molecule has 0 fully saturated rings. The molecule has 0 aliphatic heterocycles. The first kappa shape index (κ1) is 11.6. The van der Waals surface area contributed by atoms with E-state index in [1.54, 1.807) is 0 Å². The van der Waals surface area contributed by atoms with Gasteiger partial charge in [-0.15, -0.1) is 0 Å². The highest BCUT2D eigenvalue weighted by Gasteiger charge is 2.12. The van der Waals surface area contributed by atoms with Crippen LogP contribution in [0.4, 0.5) is 0 Å². The average molecular weight is 228 g/mol. The van der Waals surface area contributed by atoms with Crippen LogP contribution in [0.5, 0.6) is 0 Å². The fourth-order valence-corrected chi connectivity index (χ4v) is 1.93. The van der Waals surface area contributed by atoms with Gasteiger partial charge in [0.25, 0.3) is 0 Å². The summed E-state index contributed by atoms with van der Waals surface area (Å²) in [7, 11) is 0. The number of hydrogen-bond donors (Lipinski definition) is 0. The van der Waals surface area contributed by atoms with E-state index >= 15 is 0 Å². The van der Waals surface area contributed by atoms with Crippen LogP contribution in [0, 0.1) is 24.2 Å². The Kier molecular flexibility index (Phi) is 3.10. The lowest BCUT2D eigenvalue weighted by Crippen LogP contribution is -2.09. The highest BCUT2D eigenvalue weighted by molar-refractivity contribution is 5.72. The van der Waals surface area contributed by atoms with E-state index in [-0.39, 0.29) is 5.92 Å². The lowest BCUT2D eigenvalue weighted by molar-refractivity contribution is 0.569. The van der Waals surface area contributed by atoms with E-state index in [2.05, 4.69) is 27.5 Å². The van der Waals surface area contributed by atoms with Crippen molar-refractivity contribution in [3.8, 4) is 6.07 Å². The van der Waals surface area contributed by atoms with Gasteiger partial charge in [-0.3, -0.25) is 0 Å². The number of hydrogen-bond acceptors (Lipinski definition) is 3. The number of aryl methyl sites for hydroxylation is 2. The molecule has 0 spiro atoms. The van der Waals surface area contributed by atoms with Crippen LogP contribution in [0.2, 0.25) is 0 Å². The number of rotatable bonds is 3. The average Bonchev–Trinajstić information content (AvgIpc) is 2.66. The van der Waals surface area contributed by atoms with E-state index in [9.17, 15) is 0 Å². The molecule has 4 heteroatoms. The van der Waals surface area contributed by atoms with Gasteiger partial charge in [0.05, 0.1) is 12.0 Å². The van der Waals surface area contributed by atoms with Gasteiger partial charge in [0.1, 0.15) is 11.3 Å². The maximum absolute atomic E-state index is 8.91. The zero-order valence-electron chi connectivity index (χ0n) is 10.4. The Morgan fingerprint density at radius 1 is 1.53 bits per heavy atom. The zero-order chi connectivity index (χ0) is 12.4. The van der Waals surface area contributed by atoms with Crippen molar-refractivity contribution in [2.45, 2.75) is 33.7 Å². The van der Waals surface area contributed by atoms with Crippen LogP contribution in [0.3, 0.4) is 0 Å². The summed E-state index contributed by atoms with van der Waals surface area (Å²) in [6.07, 6.45) is 2.70. The van der Waals surface area contributed by atoms with Crippen LogP contribution in [0.25, 0.3) is 11.2 Å². The number of fused-ring (bicyclic) bond motifs is 1. The summed E-state index contributed by atoms with van der Waals surface area (Å²) in [6.45, 7) is 6.66. The topological polar surface area (TPSA) is 54.5 Å². The number of pyridine rings is 1. The third-order valence-electron chi connectivity index (χ3n) is 2.79. The van der Waals surface area contributed by atoms with Gasteiger partial charge in [-0.25, -0.2) is 9.97 Å². The van der Waals surface area contributed by atoms with Crippen LogP contribution >= 0.6 is 0 Å². The number of nitriles is 1. The smallest absolute Gasteiger partial charge is 0.160 e. The van der Waals surface area contributed by atoms with Gasteiger partial charge in [-0.05, 0) is 25.5 Å². The quantitative estimate of drug-likeness (QED) is 0.810. The summed E-state index contributed by atoms with van der Waals surface area (Å²) >= 11 is 0. The Balaban J connectivity index is 2.55. The Hall–Kier alpha value is -1.89. The van der Waals surface area contributed by atoms with Crippen molar-refractivity contribution in [1.29, 1.82) is 5.26 Å². The summed E-state index contributed by atoms with van der Waals surface area (Å²) in [4.78, 5) is 9.00. The third kappa shape index (κ3) is 2.14. The molecular formula is C13H16N4. The zero-order valence-corrected chi connectivity index (χ0v) is 10.4. The predicted molar refractivity (Wildman–Crippen MR) is 66.4 cm³/mol. The minimum atomic E-state index is -0.0270. The monoisotopic (exact) mass is 228 g/mol. The Morgan fingerprint density at radius 2 is 2.29 bits per heavy atom. The molecule has 1 atom stereocenters. The Bertz CT molecular complexity index is 577. The van der Waals surface area contributed by atoms with Crippen LogP contribution in [0.1, 0.15) is 25.2 Å². The molecule has 4 nitrogen and oxygen atoms in total. The molecule has 0 N–H and O–H groups in total. The van der Waals surface area contributed by atoms with Crippen molar-refractivity contribution < 1.29 is 0 Å². The number of aromatic nitrogens is 3. The minimum absolute atomic E-state index is 0.0270. The van der Waals surface area contributed by atoms with Gasteiger partial charge in [0, 0.05) is 19.2 Å². The molecule has 0 bridgehead atoms. The molecule has 2 aromatic rings. The fourth-order valence-electron chi connectivity index (χ4n) is 1.93. The van der Waals surface area contributed by atoms with Crippen molar-refractivity contribution >= 4 is 11.2 Å². The molecule has 0 saturated carbocycles. The van der Waals surface area contributed by atoms with E-state index in [1.807, 2.05) is 26.1 Å². The van der Waals surface area contributed by atoms with E-state index in [0.717, 1.165) is 29.0 Å². The first-order valence-electron chi connectivity index (χ1n) is 5.87. The lowest BCUT2D eigenvalue weighted by Gasteiger charge is -2.08. The fraction of sp³-hybridized carbons (Fsp3) is 0.462. The largest absolute Gasteiger partial charge is 0.311 e. The maximum Gasteiger partial charge on any atom is 0.160 e. The van der Waals surface area contributed by atoms with Crippen molar-refractivity contribution in [2.75, 3.05) is 0 Å². The summed E-state index contributed by atoms with van der Waals surface area (Å²) in [6, 6.07) is 4.29. The second-order valence-corrected chi connectivity index (χ2v) is 4.38. The van der Waals surface area contributed by atoms with Gasteiger partial charge in [-0.1, -0.05) is 6.92 Å². The van der Waals surface area contributed by atoms with Gasteiger partial charge in [0.15, 0.2) is 5.65 Å². The van der Waals surface area contributed by atoms with E-state index < -0.39 is 0 Å². The molecule has 2 heterocycles. The van der Waals surface area contributed by atoms with Gasteiger partial charge < -0.3 is 4.57 Å². The van der Waals surface area contributed by atoms with Crippen molar-refractivity contribution in [2.24, 2.45) is 5.92 Å². The molecule has 88 valence electrons. The summed E-state index contributed by atoms with van der Waals surface area (Å²) < 4.78 is 2.06. The molecule has 0 aliphatic carbocycles. The predicted octanol–water partition coefficient (Wildman–Crippen LogP) is 2.46. The maximum atomic E-state index is 8.91. The van der Waals surface area contributed by atoms with E-state index in [0.29, 0.717) is 6.54 Å². The molecule has 0 aromatic carbocycles. The van der Waals surface area contributed by atoms with E-state index in [1.165, 1.54) is 0 Å². The van der Waals surface area contributed by atoms with Crippen LogP contribution in [-0.2, 0) is 13.0 Å². The van der Waals surface area contributed by atoms with Crippen LogP contribution in [0.15, 0.2) is 12.3 Å². The highest BCUT2D eigenvalue weighted by Crippen LogP contribution is 2.17. The lowest BCUT2D eigenvalue weighted by atomic mass is 10.2. The molecule has 0 radical (unpaired) electrons. The summed E-state index contributed by atoms with van der Waals surface area (Å²) in [5.41, 5.74) is 2.92. The van der Waals surface area contributed by atoms with Crippen molar-refractivity contribution in [3.63, 3.8) is 0 Å². The molecule has 1 unspecified atom stereocenters. The first-order chi connectivity index (χ1) is 8.15. The Labute approximate surface area is 101 Å². The van der Waals surface area contributed by atoms with Crippen LogP contribution in [-0.4, -0.2) is 14.5 Å². The molecule has 0 amide bonds. The first-order valence-corrected chi connectivity index (χ1v) is 5.87. The second kappa shape index (κ2) is 4.54. The van der Waals surface area contributed by atoms with Crippen molar-refractivity contribution in [1.82, 2.24) is 14.5 Å². The number of imidazole rings is 1. The van der Waals surface area contributed by atoms with Gasteiger partial charge in [-0.2, -0.15) is 5.26 Å². The van der Waals surface area contributed by atoms with Gasteiger partial charge in [0.2, 0.25) is 0 Å². The summed E-state index contributed by atoms with van der Waals surface area (Å²) in [5.74, 6) is 0.973. The minimum Gasteiger partial charge on any atom is -0.311 e.